The van der Waals surface area contributed by atoms with Crippen molar-refractivity contribution in [3.63, 3.8) is 0 Å². The maximum atomic E-state index is 11.9. The molecule has 2 nitrogen and oxygen atoms in total. The molecule has 1 unspecified atom stereocenters. The lowest BCUT2D eigenvalue weighted by molar-refractivity contribution is -0.133. The van der Waals surface area contributed by atoms with Gasteiger partial charge in [-0.25, -0.2) is 0 Å². The summed E-state index contributed by atoms with van der Waals surface area (Å²) in [5.74, 6) is 1.30. The van der Waals surface area contributed by atoms with Crippen molar-refractivity contribution in [3.8, 4) is 0 Å². The lowest BCUT2D eigenvalue weighted by Crippen LogP contribution is -2.37. The molecule has 1 fully saturated rings. The second kappa shape index (κ2) is 5.55. The Hall–Kier alpha value is -1.31. The first-order chi connectivity index (χ1) is 8.61. The number of benzene rings is 1. The summed E-state index contributed by atoms with van der Waals surface area (Å²) in [5.41, 5.74) is 2.69. The zero-order valence-electron chi connectivity index (χ0n) is 11.6. The summed E-state index contributed by atoms with van der Waals surface area (Å²) in [7, 11) is 0. The van der Waals surface area contributed by atoms with E-state index in [0.29, 0.717) is 24.2 Å². The molecule has 0 radical (unpaired) electrons. The van der Waals surface area contributed by atoms with E-state index in [2.05, 4.69) is 45.0 Å². The van der Waals surface area contributed by atoms with E-state index in [1.165, 1.54) is 11.1 Å². The highest BCUT2D eigenvalue weighted by atomic mass is 16.2. The Bertz CT molecular complexity index is 408. The van der Waals surface area contributed by atoms with Crippen molar-refractivity contribution in [2.24, 2.45) is 0 Å². The fraction of sp³-hybridized carbons (Fsp3) is 0.562. The Kier molecular flexibility index (Phi) is 4.05. The summed E-state index contributed by atoms with van der Waals surface area (Å²) in [6.45, 7) is 8.22. The van der Waals surface area contributed by atoms with Gasteiger partial charge in [0.1, 0.15) is 0 Å². The van der Waals surface area contributed by atoms with Crippen LogP contribution in [0.3, 0.4) is 0 Å². The second-order valence-corrected chi connectivity index (χ2v) is 5.48. The van der Waals surface area contributed by atoms with Gasteiger partial charge in [-0.15, -0.1) is 0 Å². The third-order valence-corrected chi connectivity index (χ3v) is 3.98. The minimum Gasteiger partial charge on any atom is -0.343 e. The molecule has 0 saturated carbocycles. The molecule has 1 aromatic rings. The van der Waals surface area contributed by atoms with Crippen LogP contribution in [0.25, 0.3) is 0 Å². The molecule has 1 aliphatic heterocycles. The first kappa shape index (κ1) is 13.1. The van der Waals surface area contributed by atoms with E-state index in [0.717, 1.165) is 19.5 Å². The minimum absolute atomic E-state index is 0.307. The van der Waals surface area contributed by atoms with Gasteiger partial charge in [0.15, 0.2) is 0 Å². The van der Waals surface area contributed by atoms with Crippen molar-refractivity contribution in [2.75, 3.05) is 13.1 Å². The van der Waals surface area contributed by atoms with Crippen LogP contribution in [-0.4, -0.2) is 23.9 Å². The Balaban J connectivity index is 2.06. The van der Waals surface area contributed by atoms with Gasteiger partial charge in [0, 0.05) is 19.5 Å². The molecule has 0 aromatic heterocycles. The lowest BCUT2D eigenvalue weighted by Gasteiger charge is -2.31. The highest BCUT2D eigenvalue weighted by Gasteiger charge is 2.25. The van der Waals surface area contributed by atoms with Crippen LogP contribution in [-0.2, 0) is 4.79 Å². The molecule has 0 spiro atoms. The smallest absolute Gasteiger partial charge is 0.223 e. The first-order valence-corrected chi connectivity index (χ1v) is 6.99. The molecule has 1 aliphatic rings. The number of rotatable bonds is 3. The van der Waals surface area contributed by atoms with Gasteiger partial charge in [-0.2, -0.15) is 0 Å². The van der Waals surface area contributed by atoms with Gasteiger partial charge >= 0.3 is 0 Å². The number of hydrogen-bond donors (Lipinski definition) is 0. The van der Waals surface area contributed by atoms with Crippen LogP contribution in [0.2, 0.25) is 0 Å². The van der Waals surface area contributed by atoms with Crippen molar-refractivity contribution in [1.82, 2.24) is 4.90 Å². The van der Waals surface area contributed by atoms with E-state index < -0.39 is 0 Å². The largest absolute Gasteiger partial charge is 0.343 e. The zero-order valence-corrected chi connectivity index (χ0v) is 11.6. The number of amides is 1. The molecule has 1 saturated heterocycles. The number of hydrogen-bond acceptors (Lipinski definition) is 1. The summed E-state index contributed by atoms with van der Waals surface area (Å²) in [5, 5.41) is 0. The average Bonchev–Trinajstić information content (AvgIpc) is 2.38. The van der Waals surface area contributed by atoms with E-state index >= 15 is 0 Å². The maximum Gasteiger partial charge on any atom is 0.223 e. The molecule has 1 heterocycles. The molecule has 2 heteroatoms. The van der Waals surface area contributed by atoms with Crippen molar-refractivity contribution in [3.05, 3.63) is 35.4 Å². The molecular formula is C16H23NO. The van der Waals surface area contributed by atoms with Crippen molar-refractivity contribution in [1.29, 1.82) is 0 Å². The Morgan fingerprint density at radius 2 is 1.94 bits per heavy atom. The summed E-state index contributed by atoms with van der Waals surface area (Å²) in [4.78, 5) is 13.9. The molecule has 2 rings (SSSR count). The van der Waals surface area contributed by atoms with Gasteiger partial charge < -0.3 is 4.90 Å². The number of piperidine rings is 1. The number of carbonyl (C=O) groups is 1. The van der Waals surface area contributed by atoms with Crippen molar-refractivity contribution >= 4 is 5.91 Å². The average molecular weight is 245 g/mol. The SMILES string of the molecule is CCN1CCC(c2ccc(C(C)C)cc2)CC1=O. The third-order valence-electron chi connectivity index (χ3n) is 3.98. The highest BCUT2D eigenvalue weighted by molar-refractivity contribution is 5.78. The number of carbonyl (C=O) groups excluding carboxylic acids is 1. The molecule has 18 heavy (non-hydrogen) atoms. The quantitative estimate of drug-likeness (QED) is 0.797. The fourth-order valence-electron chi connectivity index (χ4n) is 2.65. The molecule has 1 amide bonds. The summed E-state index contributed by atoms with van der Waals surface area (Å²) in [6, 6.07) is 8.82. The predicted octanol–water partition coefficient (Wildman–Crippen LogP) is 3.54. The first-order valence-electron chi connectivity index (χ1n) is 6.99. The van der Waals surface area contributed by atoms with Crippen LogP contribution in [0, 0.1) is 0 Å². The zero-order chi connectivity index (χ0) is 13.1. The van der Waals surface area contributed by atoms with Gasteiger partial charge in [-0.05, 0) is 36.3 Å². The topological polar surface area (TPSA) is 20.3 Å². The Morgan fingerprint density at radius 3 is 2.44 bits per heavy atom. The summed E-state index contributed by atoms with van der Waals surface area (Å²) < 4.78 is 0. The van der Waals surface area contributed by atoms with E-state index in [4.69, 9.17) is 0 Å². The van der Waals surface area contributed by atoms with Crippen LogP contribution in [0.5, 0.6) is 0 Å². The van der Waals surface area contributed by atoms with Gasteiger partial charge in [-0.1, -0.05) is 38.1 Å². The van der Waals surface area contributed by atoms with Crippen LogP contribution in [0.1, 0.15) is 56.6 Å². The van der Waals surface area contributed by atoms with Crippen LogP contribution < -0.4 is 0 Å². The van der Waals surface area contributed by atoms with Crippen molar-refractivity contribution < 1.29 is 4.79 Å². The molecule has 0 N–H and O–H groups in total. The van der Waals surface area contributed by atoms with Crippen LogP contribution >= 0.6 is 0 Å². The third kappa shape index (κ3) is 2.74. The van der Waals surface area contributed by atoms with Gasteiger partial charge in [0.05, 0.1) is 0 Å². The molecular weight excluding hydrogens is 222 g/mol. The maximum absolute atomic E-state index is 11.9. The summed E-state index contributed by atoms with van der Waals surface area (Å²) in [6.07, 6.45) is 1.77. The molecule has 1 aromatic carbocycles. The molecule has 0 aliphatic carbocycles. The molecule has 98 valence electrons. The van der Waals surface area contributed by atoms with Crippen LogP contribution in [0.4, 0.5) is 0 Å². The van der Waals surface area contributed by atoms with Crippen molar-refractivity contribution in [2.45, 2.75) is 45.4 Å². The van der Waals surface area contributed by atoms with E-state index in [1.807, 2.05) is 4.90 Å². The summed E-state index contributed by atoms with van der Waals surface area (Å²) >= 11 is 0. The normalized spacial score (nSPS) is 20.6. The molecule has 0 bridgehead atoms. The monoisotopic (exact) mass is 245 g/mol. The lowest BCUT2D eigenvalue weighted by atomic mass is 9.88. The number of nitrogens with zero attached hydrogens (tertiary/aromatic N) is 1. The van der Waals surface area contributed by atoms with Crippen LogP contribution in [0.15, 0.2) is 24.3 Å². The molecule has 1 atom stereocenters. The van der Waals surface area contributed by atoms with Gasteiger partial charge in [0.25, 0.3) is 0 Å². The van der Waals surface area contributed by atoms with Gasteiger partial charge in [-0.3, -0.25) is 4.79 Å². The van der Waals surface area contributed by atoms with E-state index in [1.54, 1.807) is 0 Å². The number of likely N-dealkylation sites (tertiary alicyclic amines) is 1. The predicted molar refractivity (Wildman–Crippen MR) is 74.8 cm³/mol. The van der Waals surface area contributed by atoms with E-state index in [9.17, 15) is 4.79 Å². The Morgan fingerprint density at radius 1 is 1.28 bits per heavy atom. The van der Waals surface area contributed by atoms with Gasteiger partial charge in [0.2, 0.25) is 5.91 Å². The Labute approximate surface area is 110 Å². The minimum atomic E-state index is 0.307. The second-order valence-electron chi connectivity index (χ2n) is 5.48. The van der Waals surface area contributed by atoms with E-state index in [-0.39, 0.29) is 0 Å². The fourth-order valence-corrected chi connectivity index (χ4v) is 2.65. The highest BCUT2D eigenvalue weighted by Crippen LogP contribution is 2.29. The standard InChI is InChI=1S/C16H23NO/c1-4-17-10-9-15(11-16(17)18)14-7-5-13(6-8-14)12(2)3/h5-8,12,15H,4,9-11H2,1-3H3.